The summed E-state index contributed by atoms with van der Waals surface area (Å²) < 4.78 is 25.4. The predicted molar refractivity (Wildman–Crippen MR) is 113 cm³/mol. The van der Waals surface area contributed by atoms with Gasteiger partial charge in [-0.25, -0.2) is 4.39 Å². The predicted octanol–water partition coefficient (Wildman–Crippen LogP) is 4.67. The number of halogens is 3. The second-order valence-electron chi connectivity index (χ2n) is 6.97. The molecule has 156 valence electrons. The van der Waals surface area contributed by atoms with E-state index in [1.54, 1.807) is 0 Å². The number of hydrogen-bond donors (Lipinski definition) is 1. The fraction of sp³-hybridized carbons (Fsp3) is 0.364. The van der Waals surface area contributed by atoms with Gasteiger partial charge >= 0.3 is 0 Å². The van der Waals surface area contributed by atoms with Gasteiger partial charge in [-0.3, -0.25) is 4.90 Å². The number of benzene rings is 2. The number of nitrogens with zero attached hydrogens (tertiary/aromatic N) is 1. The molecule has 1 N–H and O–H groups in total. The van der Waals surface area contributed by atoms with Gasteiger partial charge in [-0.05, 0) is 30.2 Å². The van der Waals surface area contributed by atoms with Crippen LogP contribution in [-0.4, -0.2) is 49.0 Å². The molecule has 2 aromatic carbocycles. The number of morpholine rings is 1. The lowest BCUT2D eigenvalue weighted by Gasteiger charge is -2.34. The topological polar surface area (TPSA) is 41.9 Å². The summed E-state index contributed by atoms with van der Waals surface area (Å²) in [5, 5.41) is 10.8. The van der Waals surface area contributed by atoms with Crippen LogP contribution in [0.5, 0.6) is 5.75 Å². The average Bonchev–Trinajstić information content (AvgIpc) is 2.70. The number of rotatable bonds is 8. The van der Waals surface area contributed by atoms with E-state index in [9.17, 15) is 9.50 Å². The van der Waals surface area contributed by atoms with Crippen molar-refractivity contribution in [1.82, 2.24) is 4.90 Å². The Morgan fingerprint density at radius 1 is 1.31 bits per heavy atom. The van der Waals surface area contributed by atoms with Gasteiger partial charge in [-0.15, -0.1) is 6.58 Å². The lowest BCUT2D eigenvalue weighted by atomic mass is 10.1. The molecule has 2 atom stereocenters. The minimum absolute atomic E-state index is 0.0178. The highest BCUT2D eigenvalue weighted by atomic mass is 35.5. The normalized spacial score (nSPS) is 18.4. The van der Waals surface area contributed by atoms with Crippen molar-refractivity contribution in [3.05, 3.63) is 76.0 Å². The zero-order chi connectivity index (χ0) is 20.8. The summed E-state index contributed by atoms with van der Waals surface area (Å²) >= 11 is 12.0. The van der Waals surface area contributed by atoms with Crippen molar-refractivity contribution in [3.63, 3.8) is 0 Å². The van der Waals surface area contributed by atoms with Crippen LogP contribution >= 0.6 is 23.2 Å². The van der Waals surface area contributed by atoms with Crippen molar-refractivity contribution in [1.29, 1.82) is 0 Å². The second kappa shape index (κ2) is 10.4. The quantitative estimate of drug-likeness (QED) is 0.479. The van der Waals surface area contributed by atoms with Crippen molar-refractivity contribution in [2.45, 2.75) is 18.6 Å². The smallest absolute Gasteiger partial charge is 0.142 e. The number of β-amino-alcohol motifs (C(OH)–C–C–N with tert-alkyl or cyclic N) is 1. The third-order valence-electron chi connectivity index (χ3n) is 4.77. The van der Waals surface area contributed by atoms with E-state index in [0.29, 0.717) is 43.2 Å². The van der Waals surface area contributed by atoms with E-state index in [1.165, 1.54) is 12.1 Å². The Balaban J connectivity index is 1.56. The molecule has 0 bridgehead atoms. The SMILES string of the molecule is C=CCc1ccccc1OCC(O)CN1CCOC(c2cc(F)c(Cl)cc2Cl)C1. The summed E-state index contributed by atoms with van der Waals surface area (Å²) in [6.07, 6.45) is 1.46. The van der Waals surface area contributed by atoms with Crippen LogP contribution in [0.1, 0.15) is 17.2 Å². The highest BCUT2D eigenvalue weighted by Crippen LogP contribution is 2.32. The summed E-state index contributed by atoms with van der Waals surface area (Å²) in [7, 11) is 0. The molecular formula is C22H24Cl2FNO3. The van der Waals surface area contributed by atoms with Gasteiger partial charge in [0.05, 0.1) is 17.7 Å². The van der Waals surface area contributed by atoms with Crippen LogP contribution in [0.3, 0.4) is 0 Å². The standard InChI is InChI=1S/C22H24Cl2FNO3/c1-2-5-15-6-3-4-7-21(15)29-14-16(27)12-26-8-9-28-22(13-26)17-10-20(25)19(24)11-18(17)23/h2-4,6-7,10-11,16,22,27H,1,5,8-9,12-14H2. The van der Waals surface area contributed by atoms with Crippen molar-refractivity contribution in [3.8, 4) is 5.75 Å². The number of hydrogen-bond acceptors (Lipinski definition) is 4. The fourth-order valence-corrected chi connectivity index (χ4v) is 3.85. The molecule has 0 amide bonds. The number of ether oxygens (including phenoxy) is 2. The molecule has 1 aliphatic rings. The van der Waals surface area contributed by atoms with Crippen LogP contribution in [0.15, 0.2) is 49.1 Å². The van der Waals surface area contributed by atoms with Crippen molar-refractivity contribution in [2.75, 3.05) is 32.8 Å². The summed E-state index contributed by atoms with van der Waals surface area (Å²) in [4.78, 5) is 2.06. The summed E-state index contributed by atoms with van der Waals surface area (Å²) in [5.74, 6) is 0.216. The molecule has 0 aromatic heterocycles. The Kier molecular flexibility index (Phi) is 7.92. The van der Waals surface area contributed by atoms with Gasteiger partial charge in [0.25, 0.3) is 0 Å². The molecule has 0 radical (unpaired) electrons. The number of para-hydroxylation sites is 1. The largest absolute Gasteiger partial charge is 0.491 e. The molecule has 2 aromatic rings. The Morgan fingerprint density at radius 2 is 2.10 bits per heavy atom. The van der Waals surface area contributed by atoms with E-state index in [-0.39, 0.29) is 17.7 Å². The Labute approximate surface area is 180 Å². The van der Waals surface area contributed by atoms with E-state index in [2.05, 4.69) is 11.5 Å². The van der Waals surface area contributed by atoms with Crippen LogP contribution in [0.4, 0.5) is 4.39 Å². The number of allylic oxidation sites excluding steroid dienone is 1. The van der Waals surface area contributed by atoms with E-state index >= 15 is 0 Å². The molecule has 29 heavy (non-hydrogen) atoms. The molecular weight excluding hydrogens is 416 g/mol. The van der Waals surface area contributed by atoms with E-state index < -0.39 is 11.9 Å². The molecule has 1 fully saturated rings. The zero-order valence-corrected chi connectivity index (χ0v) is 17.5. The molecule has 4 nitrogen and oxygen atoms in total. The van der Waals surface area contributed by atoms with Gasteiger partial charge < -0.3 is 14.6 Å². The summed E-state index contributed by atoms with van der Waals surface area (Å²) in [6, 6.07) is 10.4. The van der Waals surface area contributed by atoms with E-state index in [4.69, 9.17) is 32.7 Å². The van der Waals surface area contributed by atoms with Crippen molar-refractivity contribution >= 4 is 23.2 Å². The van der Waals surface area contributed by atoms with E-state index in [0.717, 1.165) is 11.3 Å². The number of aliphatic hydroxyl groups excluding tert-OH is 1. The van der Waals surface area contributed by atoms with Crippen LogP contribution in [0.25, 0.3) is 0 Å². The zero-order valence-electron chi connectivity index (χ0n) is 16.0. The maximum Gasteiger partial charge on any atom is 0.142 e. The van der Waals surface area contributed by atoms with Gasteiger partial charge in [0.1, 0.15) is 24.3 Å². The lowest BCUT2D eigenvalue weighted by molar-refractivity contribution is -0.0460. The first-order valence-electron chi connectivity index (χ1n) is 9.46. The van der Waals surface area contributed by atoms with Gasteiger partial charge in [0.15, 0.2) is 0 Å². The fourth-order valence-electron chi connectivity index (χ4n) is 3.35. The Bertz CT molecular complexity index is 849. The van der Waals surface area contributed by atoms with Crippen LogP contribution in [0, 0.1) is 5.82 Å². The minimum Gasteiger partial charge on any atom is -0.491 e. The van der Waals surface area contributed by atoms with E-state index in [1.807, 2.05) is 30.3 Å². The molecule has 0 spiro atoms. The first-order valence-corrected chi connectivity index (χ1v) is 10.2. The first-order chi connectivity index (χ1) is 14.0. The highest BCUT2D eigenvalue weighted by Gasteiger charge is 2.26. The first kappa shape index (κ1) is 22.1. The van der Waals surface area contributed by atoms with Gasteiger partial charge in [-0.1, -0.05) is 47.5 Å². The lowest BCUT2D eigenvalue weighted by Crippen LogP contribution is -2.43. The average molecular weight is 440 g/mol. The third kappa shape index (κ3) is 5.93. The molecule has 3 rings (SSSR count). The Hall–Kier alpha value is -1.63. The monoisotopic (exact) mass is 439 g/mol. The van der Waals surface area contributed by atoms with Gasteiger partial charge in [-0.2, -0.15) is 0 Å². The molecule has 1 heterocycles. The molecule has 0 saturated carbocycles. The van der Waals surface area contributed by atoms with Crippen LogP contribution in [0.2, 0.25) is 10.0 Å². The molecule has 2 unspecified atom stereocenters. The molecule has 7 heteroatoms. The highest BCUT2D eigenvalue weighted by molar-refractivity contribution is 6.35. The van der Waals surface area contributed by atoms with Crippen molar-refractivity contribution < 1.29 is 19.0 Å². The molecule has 0 aliphatic carbocycles. The molecule has 1 saturated heterocycles. The van der Waals surface area contributed by atoms with Crippen LogP contribution < -0.4 is 4.74 Å². The van der Waals surface area contributed by atoms with Gasteiger partial charge in [0.2, 0.25) is 0 Å². The van der Waals surface area contributed by atoms with Gasteiger partial charge in [0, 0.05) is 30.2 Å². The minimum atomic E-state index is -0.678. The summed E-state index contributed by atoms with van der Waals surface area (Å²) in [6.45, 7) is 5.95. The second-order valence-corrected chi connectivity index (χ2v) is 7.79. The molecule has 1 aliphatic heterocycles. The number of aliphatic hydroxyl groups is 1. The maximum atomic E-state index is 13.8. The maximum absolute atomic E-state index is 13.8. The third-order valence-corrected chi connectivity index (χ3v) is 5.39. The van der Waals surface area contributed by atoms with Crippen LogP contribution in [-0.2, 0) is 11.2 Å². The Morgan fingerprint density at radius 3 is 2.90 bits per heavy atom. The van der Waals surface area contributed by atoms with Crippen molar-refractivity contribution in [2.24, 2.45) is 0 Å². The summed E-state index contributed by atoms with van der Waals surface area (Å²) in [5.41, 5.74) is 1.59.